The van der Waals surface area contributed by atoms with Gasteiger partial charge in [0.05, 0.1) is 5.69 Å². The maximum atomic E-state index is 5.87. The lowest BCUT2D eigenvalue weighted by Gasteiger charge is -2.21. The predicted octanol–water partition coefficient (Wildman–Crippen LogP) is 2.21. The molecule has 2 heterocycles. The van der Waals surface area contributed by atoms with Gasteiger partial charge in [0.15, 0.2) is 5.15 Å². The molecule has 0 spiro atoms. The van der Waals surface area contributed by atoms with Crippen LogP contribution in [0.3, 0.4) is 0 Å². The van der Waals surface area contributed by atoms with E-state index in [-0.39, 0.29) is 0 Å². The van der Waals surface area contributed by atoms with Gasteiger partial charge in [-0.3, -0.25) is 0 Å². The fourth-order valence-electron chi connectivity index (χ4n) is 1.68. The van der Waals surface area contributed by atoms with Crippen molar-refractivity contribution in [3.8, 4) is 0 Å². The highest BCUT2D eigenvalue weighted by atomic mass is 35.5. The summed E-state index contributed by atoms with van der Waals surface area (Å²) in [5.41, 5.74) is 7.18. The van der Waals surface area contributed by atoms with Crippen molar-refractivity contribution in [3.63, 3.8) is 0 Å². The van der Waals surface area contributed by atoms with Gasteiger partial charge in [-0.25, -0.2) is 4.98 Å². The monoisotopic (exact) mass is 212 g/mol. The third-order valence-corrected chi connectivity index (χ3v) is 2.84. The highest BCUT2D eigenvalue weighted by Gasteiger charge is 2.17. The number of nitrogen functional groups attached to an aromatic ring is 1. The van der Waals surface area contributed by atoms with Crippen molar-refractivity contribution in [3.05, 3.63) is 23.0 Å². The van der Waals surface area contributed by atoms with Crippen molar-refractivity contribution >= 4 is 17.3 Å². The van der Waals surface area contributed by atoms with Crippen LogP contribution < -0.4 is 5.73 Å². The van der Waals surface area contributed by atoms with E-state index in [1.165, 1.54) is 0 Å². The summed E-state index contributed by atoms with van der Waals surface area (Å²) >= 11 is 5.87. The molecule has 1 aliphatic rings. The summed E-state index contributed by atoms with van der Waals surface area (Å²) < 4.78 is 5.29. The number of nitrogens with zero attached hydrogens (tertiary/aromatic N) is 1. The summed E-state index contributed by atoms with van der Waals surface area (Å²) in [5, 5.41) is 0.411. The summed E-state index contributed by atoms with van der Waals surface area (Å²) in [6, 6.07) is 3.78. The van der Waals surface area contributed by atoms with Gasteiger partial charge in [0.1, 0.15) is 0 Å². The molecule has 14 heavy (non-hydrogen) atoms. The molecule has 0 atom stereocenters. The largest absolute Gasteiger partial charge is 0.396 e. The summed E-state index contributed by atoms with van der Waals surface area (Å²) in [7, 11) is 0. The minimum Gasteiger partial charge on any atom is -0.396 e. The van der Waals surface area contributed by atoms with Crippen molar-refractivity contribution in [2.45, 2.75) is 18.8 Å². The molecule has 0 aliphatic carbocycles. The first-order chi connectivity index (χ1) is 6.77. The van der Waals surface area contributed by atoms with Crippen LogP contribution in [0.5, 0.6) is 0 Å². The minimum atomic E-state index is 0.411. The summed E-state index contributed by atoms with van der Waals surface area (Å²) in [6.07, 6.45) is 2.04. The Kier molecular flexibility index (Phi) is 2.89. The Labute approximate surface area is 88.2 Å². The van der Waals surface area contributed by atoms with Crippen LogP contribution in [-0.4, -0.2) is 18.2 Å². The average molecular weight is 213 g/mol. The molecule has 2 rings (SSSR count). The van der Waals surface area contributed by atoms with Crippen molar-refractivity contribution < 1.29 is 4.74 Å². The Morgan fingerprint density at radius 2 is 2.07 bits per heavy atom. The Morgan fingerprint density at radius 1 is 1.36 bits per heavy atom. The van der Waals surface area contributed by atoms with Crippen LogP contribution >= 0.6 is 11.6 Å². The Morgan fingerprint density at radius 3 is 2.71 bits per heavy atom. The zero-order valence-corrected chi connectivity index (χ0v) is 8.63. The fourth-order valence-corrected chi connectivity index (χ4v) is 1.84. The molecule has 3 nitrogen and oxygen atoms in total. The average Bonchev–Trinajstić information content (AvgIpc) is 2.23. The number of pyridine rings is 1. The second-order valence-electron chi connectivity index (χ2n) is 3.50. The van der Waals surface area contributed by atoms with E-state index >= 15 is 0 Å². The van der Waals surface area contributed by atoms with E-state index in [9.17, 15) is 0 Å². The predicted molar refractivity (Wildman–Crippen MR) is 56.5 cm³/mol. The topological polar surface area (TPSA) is 48.1 Å². The molecule has 0 saturated carbocycles. The number of nitrogens with two attached hydrogens (primary N) is 1. The third kappa shape index (κ3) is 1.99. The Bertz CT molecular complexity index is 324. The lowest BCUT2D eigenvalue weighted by atomic mass is 9.96. The van der Waals surface area contributed by atoms with Crippen LogP contribution in [0.25, 0.3) is 0 Å². The molecular weight excluding hydrogens is 200 g/mol. The molecule has 0 bridgehead atoms. The number of hydrogen-bond acceptors (Lipinski definition) is 3. The molecule has 1 aliphatic heterocycles. The smallest absolute Gasteiger partial charge is 0.152 e. The summed E-state index contributed by atoms with van der Waals surface area (Å²) in [5.74, 6) is 0.474. The standard InChI is InChI=1S/C10H13ClN2O/c11-10-8(12)1-2-9(13-10)7-3-5-14-6-4-7/h1-2,7H,3-6,12H2. The molecule has 4 heteroatoms. The number of hydrogen-bond donors (Lipinski definition) is 1. The first-order valence-electron chi connectivity index (χ1n) is 4.77. The van der Waals surface area contributed by atoms with Crippen LogP contribution in [0, 0.1) is 0 Å². The first kappa shape index (κ1) is 9.74. The van der Waals surface area contributed by atoms with Crippen molar-refractivity contribution in [2.24, 2.45) is 0 Å². The molecule has 1 aromatic heterocycles. The van der Waals surface area contributed by atoms with Crippen LogP contribution in [0.15, 0.2) is 12.1 Å². The van der Waals surface area contributed by atoms with E-state index in [2.05, 4.69) is 4.98 Å². The highest BCUT2D eigenvalue weighted by molar-refractivity contribution is 6.31. The minimum absolute atomic E-state index is 0.411. The SMILES string of the molecule is Nc1ccc(C2CCOCC2)nc1Cl. The van der Waals surface area contributed by atoms with Crippen LogP contribution in [0.4, 0.5) is 5.69 Å². The van der Waals surface area contributed by atoms with Gasteiger partial charge in [-0.15, -0.1) is 0 Å². The molecule has 0 unspecified atom stereocenters. The van der Waals surface area contributed by atoms with Gasteiger partial charge in [-0.05, 0) is 25.0 Å². The first-order valence-corrected chi connectivity index (χ1v) is 5.15. The lowest BCUT2D eigenvalue weighted by Crippen LogP contribution is -2.15. The third-order valence-electron chi connectivity index (χ3n) is 2.54. The molecule has 1 aromatic rings. The summed E-state index contributed by atoms with van der Waals surface area (Å²) in [4.78, 5) is 4.28. The van der Waals surface area contributed by atoms with Crippen LogP contribution in [0.2, 0.25) is 5.15 Å². The zero-order valence-electron chi connectivity index (χ0n) is 7.87. The van der Waals surface area contributed by atoms with Gasteiger partial charge in [-0.1, -0.05) is 11.6 Å². The lowest BCUT2D eigenvalue weighted by molar-refractivity contribution is 0.0845. The molecule has 0 amide bonds. The second kappa shape index (κ2) is 4.15. The Hall–Kier alpha value is -0.800. The summed E-state index contributed by atoms with van der Waals surface area (Å²) in [6.45, 7) is 1.63. The molecule has 0 aromatic carbocycles. The zero-order chi connectivity index (χ0) is 9.97. The number of aromatic nitrogens is 1. The molecule has 1 fully saturated rings. The maximum Gasteiger partial charge on any atom is 0.152 e. The number of ether oxygens (including phenoxy) is 1. The fraction of sp³-hybridized carbons (Fsp3) is 0.500. The molecular formula is C10H13ClN2O. The molecule has 1 saturated heterocycles. The van der Waals surface area contributed by atoms with Gasteiger partial charge in [-0.2, -0.15) is 0 Å². The molecule has 2 N–H and O–H groups in total. The van der Waals surface area contributed by atoms with Gasteiger partial charge in [0, 0.05) is 24.8 Å². The quantitative estimate of drug-likeness (QED) is 0.727. The Balaban J connectivity index is 2.18. The molecule has 0 radical (unpaired) electrons. The van der Waals surface area contributed by atoms with Gasteiger partial charge >= 0.3 is 0 Å². The molecule has 76 valence electrons. The van der Waals surface area contributed by atoms with E-state index in [1.807, 2.05) is 12.1 Å². The maximum absolute atomic E-state index is 5.87. The van der Waals surface area contributed by atoms with E-state index in [4.69, 9.17) is 22.1 Å². The number of anilines is 1. The number of rotatable bonds is 1. The van der Waals surface area contributed by atoms with E-state index in [0.29, 0.717) is 16.8 Å². The van der Waals surface area contributed by atoms with Gasteiger partial charge < -0.3 is 10.5 Å². The van der Waals surface area contributed by atoms with Crippen molar-refractivity contribution in [1.82, 2.24) is 4.98 Å². The van der Waals surface area contributed by atoms with Gasteiger partial charge in [0.25, 0.3) is 0 Å². The normalized spacial score (nSPS) is 18.4. The van der Waals surface area contributed by atoms with Crippen molar-refractivity contribution in [1.29, 1.82) is 0 Å². The van der Waals surface area contributed by atoms with E-state index < -0.39 is 0 Å². The second-order valence-corrected chi connectivity index (χ2v) is 3.86. The van der Waals surface area contributed by atoms with E-state index in [0.717, 1.165) is 31.7 Å². The highest BCUT2D eigenvalue weighted by Crippen LogP contribution is 2.27. The van der Waals surface area contributed by atoms with E-state index in [1.54, 1.807) is 0 Å². The number of halogens is 1. The van der Waals surface area contributed by atoms with Crippen LogP contribution in [0.1, 0.15) is 24.5 Å². The van der Waals surface area contributed by atoms with Crippen LogP contribution in [-0.2, 0) is 4.74 Å². The van der Waals surface area contributed by atoms with Gasteiger partial charge in [0.2, 0.25) is 0 Å². The van der Waals surface area contributed by atoms with Crippen molar-refractivity contribution in [2.75, 3.05) is 18.9 Å².